The van der Waals surface area contributed by atoms with E-state index in [1.807, 2.05) is 12.1 Å². The minimum Gasteiger partial charge on any atom is -0.493 e. The Bertz CT molecular complexity index is 972. The molecule has 0 aliphatic carbocycles. The molecule has 7 heteroatoms. The van der Waals surface area contributed by atoms with Crippen LogP contribution in [-0.4, -0.2) is 40.6 Å². The second kappa shape index (κ2) is 6.31. The quantitative estimate of drug-likeness (QED) is 0.809. The van der Waals surface area contributed by atoms with Crippen LogP contribution in [-0.2, 0) is 11.2 Å². The Kier molecular flexibility index (Phi) is 3.87. The average Bonchev–Trinajstić information content (AvgIpc) is 3.29. The molecule has 0 amide bonds. The third kappa shape index (κ3) is 2.43. The fourth-order valence-corrected chi connectivity index (χ4v) is 4.48. The summed E-state index contributed by atoms with van der Waals surface area (Å²) in [7, 11) is 5.27. The van der Waals surface area contributed by atoms with Crippen molar-refractivity contribution in [3.63, 3.8) is 0 Å². The summed E-state index contributed by atoms with van der Waals surface area (Å²) >= 11 is 0. The van der Waals surface area contributed by atoms with Gasteiger partial charge in [-0.25, -0.2) is 4.79 Å². The Labute approximate surface area is 162 Å². The molecule has 0 bridgehead atoms. The van der Waals surface area contributed by atoms with Crippen LogP contribution in [0.2, 0.25) is 0 Å². The number of fused-ring (bicyclic) bond motifs is 3. The van der Waals surface area contributed by atoms with Crippen LogP contribution < -0.4 is 23.8 Å². The second-order valence-electron chi connectivity index (χ2n) is 7.35. The zero-order valence-electron chi connectivity index (χ0n) is 16.0. The van der Waals surface area contributed by atoms with Crippen molar-refractivity contribution in [2.24, 2.45) is 0 Å². The van der Waals surface area contributed by atoms with E-state index in [0.29, 0.717) is 17.1 Å². The van der Waals surface area contributed by atoms with Gasteiger partial charge in [-0.15, -0.1) is 0 Å². The number of benzene rings is 2. The molecule has 0 saturated carbocycles. The van der Waals surface area contributed by atoms with Crippen LogP contribution in [0.25, 0.3) is 0 Å². The molecule has 3 aliphatic heterocycles. The lowest BCUT2D eigenvalue weighted by Crippen LogP contribution is -3.11. The third-order valence-electron chi connectivity index (χ3n) is 5.91. The van der Waals surface area contributed by atoms with Crippen molar-refractivity contribution in [2.45, 2.75) is 18.6 Å². The Hall–Kier alpha value is -2.93. The minimum atomic E-state index is -0.401. The van der Waals surface area contributed by atoms with E-state index in [4.69, 9.17) is 23.7 Å². The van der Waals surface area contributed by atoms with Gasteiger partial charge in [0, 0.05) is 17.5 Å². The maximum absolute atomic E-state index is 12.6. The number of nitrogens with one attached hydrogen (secondary N) is 1. The van der Waals surface area contributed by atoms with Crippen molar-refractivity contribution in [3.05, 3.63) is 46.5 Å². The number of quaternary nitrogens is 1. The first-order valence-corrected chi connectivity index (χ1v) is 9.32. The molecule has 2 aromatic rings. The van der Waals surface area contributed by atoms with Crippen molar-refractivity contribution in [1.82, 2.24) is 0 Å². The highest BCUT2D eigenvalue weighted by molar-refractivity contribution is 5.95. The van der Waals surface area contributed by atoms with E-state index in [2.05, 4.69) is 13.1 Å². The summed E-state index contributed by atoms with van der Waals surface area (Å²) < 4.78 is 27.8. The van der Waals surface area contributed by atoms with E-state index in [1.54, 1.807) is 20.3 Å². The van der Waals surface area contributed by atoms with Gasteiger partial charge in [-0.05, 0) is 29.8 Å². The Morgan fingerprint density at radius 1 is 1.00 bits per heavy atom. The summed E-state index contributed by atoms with van der Waals surface area (Å²) in [5.41, 5.74) is 3.71. The lowest BCUT2D eigenvalue weighted by Gasteiger charge is -2.34. The fourth-order valence-electron chi connectivity index (χ4n) is 4.48. The highest BCUT2D eigenvalue weighted by Crippen LogP contribution is 2.46. The molecule has 146 valence electrons. The van der Waals surface area contributed by atoms with E-state index in [-0.39, 0.29) is 18.8 Å². The Balaban J connectivity index is 1.63. The lowest BCUT2D eigenvalue weighted by atomic mass is 9.86. The number of carbonyl (C=O) groups excluding carboxylic acids is 1. The number of methoxy groups -OCH3 is 2. The number of ether oxygens (including phenoxy) is 5. The van der Waals surface area contributed by atoms with Crippen molar-refractivity contribution in [1.29, 1.82) is 0 Å². The number of hydrogen-bond acceptors (Lipinski definition) is 6. The zero-order valence-corrected chi connectivity index (χ0v) is 16.0. The largest absolute Gasteiger partial charge is 0.493 e. The SMILES string of the molecule is COc1cc2c(cc1OC)[C@@H]([C@H]1c3cc4c(cc3CC[NH+]1C)OCO4)OC2=O. The van der Waals surface area contributed by atoms with E-state index < -0.39 is 6.10 Å². The summed E-state index contributed by atoms with van der Waals surface area (Å²) in [4.78, 5) is 13.9. The molecule has 1 unspecified atom stereocenters. The second-order valence-corrected chi connectivity index (χ2v) is 7.35. The highest BCUT2D eigenvalue weighted by atomic mass is 16.7. The smallest absolute Gasteiger partial charge is 0.339 e. The summed E-state index contributed by atoms with van der Waals surface area (Å²) in [5.74, 6) is 2.31. The topological polar surface area (TPSA) is 67.7 Å². The molecule has 1 N–H and O–H groups in total. The summed E-state index contributed by atoms with van der Waals surface area (Å²) in [6.45, 7) is 1.18. The molecule has 3 heterocycles. The Morgan fingerprint density at radius 2 is 1.71 bits per heavy atom. The monoisotopic (exact) mass is 384 g/mol. The van der Waals surface area contributed by atoms with Crippen LogP contribution in [0.15, 0.2) is 24.3 Å². The maximum atomic E-state index is 12.6. The van der Waals surface area contributed by atoms with Crippen molar-refractivity contribution in [3.8, 4) is 23.0 Å². The van der Waals surface area contributed by atoms with E-state index in [9.17, 15) is 4.79 Å². The van der Waals surface area contributed by atoms with Crippen LogP contribution in [0.5, 0.6) is 23.0 Å². The molecule has 0 fully saturated rings. The molecular weight excluding hydrogens is 362 g/mol. The lowest BCUT2D eigenvalue weighted by molar-refractivity contribution is -0.919. The van der Waals surface area contributed by atoms with Gasteiger partial charge in [0.25, 0.3) is 0 Å². The van der Waals surface area contributed by atoms with E-state index >= 15 is 0 Å². The molecule has 5 rings (SSSR count). The third-order valence-corrected chi connectivity index (χ3v) is 5.91. The van der Waals surface area contributed by atoms with Crippen LogP contribution in [0, 0.1) is 0 Å². The van der Waals surface area contributed by atoms with Crippen molar-refractivity contribution >= 4 is 5.97 Å². The van der Waals surface area contributed by atoms with Crippen molar-refractivity contribution < 1.29 is 33.4 Å². The van der Waals surface area contributed by atoms with Gasteiger partial charge < -0.3 is 28.6 Å². The van der Waals surface area contributed by atoms with Crippen molar-refractivity contribution in [2.75, 3.05) is 34.6 Å². The number of esters is 1. The highest BCUT2D eigenvalue weighted by Gasteiger charge is 2.45. The summed E-state index contributed by atoms with van der Waals surface area (Å²) in [5, 5.41) is 0. The van der Waals surface area contributed by atoms with Gasteiger partial charge in [-0.1, -0.05) is 0 Å². The molecule has 7 nitrogen and oxygen atoms in total. The predicted molar refractivity (Wildman–Crippen MR) is 98.5 cm³/mol. The first-order chi connectivity index (χ1) is 13.6. The van der Waals surface area contributed by atoms with E-state index in [1.165, 1.54) is 10.5 Å². The number of cyclic esters (lactones) is 1. The maximum Gasteiger partial charge on any atom is 0.339 e. The van der Waals surface area contributed by atoms with Gasteiger partial charge >= 0.3 is 5.97 Å². The van der Waals surface area contributed by atoms with Gasteiger partial charge in [0.2, 0.25) is 6.79 Å². The summed E-state index contributed by atoms with van der Waals surface area (Å²) in [6, 6.07) is 7.62. The number of carbonyl (C=O) groups is 1. The molecule has 2 aromatic carbocycles. The van der Waals surface area contributed by atoms with Gasteiger partial charge in [0.15, 0.2) is 35.1 Å². The molecule has 28 heavy (non-hydrogen) atoms. The Morgan fingerprint density at radius 3 is 2.46 bits per heavy atom. The standard InChI is InChI=1S/C21H21NO6/c1-22-5-4-11-6-17-18(27-10-26-17)7-12(11)19(22)20-13-8-15(24-2)16(25-3)9-14(13)21(23)28-20/h6-9,19-20H,4-5,10H2,1-3H3/p+1/t19-,20+/m1/s1. The molecule has 0 radical (unpaired) electrons. The summed E-state index contributed by atoms with van der Waals surface area (Å²) in [6.07, 6.45) is 0.537. The predicted octanol–water partition coefficient (Wildman–Crippen LogP) is 1.46. The first kappa shape index (κ1) is 17.2. The number of rotatable bonds is 3. The normalized spacial score (nSPS) is 24.4. The molecule has 3 atom stereocenters. The van der Waals surface area contributed by atoms with Crippen LogP contribution in [0.4, 0.5) is 0 Å². The molecule has 0 aromatic heterocycles. The molecular formula is C21H22NO6+. The van der Waals surface area contributed by atoms with Gasteiger partial charge in [0.05, 0.1) is 33.4 Å². The number of likely N-dealkylation sites (N-methyl/N-ethyl adjacent to an activating group) is 1. The first-order valence-electron chi connectivity index (χ1n) is 9.32. The minimum absolute atomic E-state index is 0.0402. The van der Waals surface area contributed by atoms with Crippen LogP contribution in [0.3, 0.4) is 0 Å². The number of hydrogen-bond donors (Lipinski definition) is 1. The van der Waals surface area contributed by atoms with Gasteiger partial charge in [-0.2, -0.15) is 0 Å². The zero-order chi connectivity index (χ0) is 19.4. The van der Waals surface area contributed by atoms with Crippen LogP contribution >= 0.6 is 0 Å². The van der Waals surface area contributed by atoms with Gasteiger partial charge in [0.1, 0.15) is 0 Å². The van der Waals surface area contributed by atoms with Gasteiger partial charge in [-0.3, -0.25) is 0 Å². The average molecular weight is 384 g/mol. The van der Waals surface area contributed by atoms with E-state index in [0.717, 1.165) is 35.6 Å². The molecule has 3 aliphatic rings. The fraction of sp³-hybridized carbons (Fsp3) is 0.381. The molecule has 0 spiro atoms. The van der Waals surface area contributed by atoms with Crippen LogP contribution in [0.1, 0.15) is 39.2 Å². The molecule has 0 saturated heterocycles.